The van der Waals surface area contributed by atoms with Crippen LogP contribution in [0, 0.1) is 5.82 Å². The molecule has 8 nitrogen and oxygen atoms in total. The standard InChI is InChI=1S/C25H24FN7O/c1-3-7-25(34,17-5-4-6-18(26)9-17)22-10-21(31-24(27)32-22)20-13-29-23-19(20)8-15(11-28-23)16-12-30-33(2)14-16/h4-6,8-14,34H,3,7H2,1-2H3,(H,28,29)(H2,27,31,32). The van der Waals surface area contributed by atoms with E-state index >= 15 is 0 Å². The van der Waals surface area contributed by atoms with Crippen molar-refractivity contribution in [1.29, 1.82) is 0 Å². The summed E-state index contributed by atoms with van der Waals surface area (Å²) in [5, 5.41) is 16.8. The number of fused-ring (bicyclic) bond motifs is 1. The number of hydrogen-bond donors (Lipinski definition) is 3. The van der Waals surface area contributed by atoms with Crippen LogP contribution in [-0.2, 0) is 12.6 Å². The van der Waals surface area contributed by atoms with Crippen LogP contribution in [0.5, 0.6) is 0 Å². The first-order chi connectivity index (χ1) is 16.4. The van der Waals surface area contributed by atoms with Gasteiger partial charge < -0.3 is 15.8 Å². The van der Waals surface area contributed by atoms with Crippen molar-refractivity contribution in [2.24, 2.45) is 7.05 Å². The number of aromatic amines is 1. The molecule has 1 aromatic carbocycles. The molecule has 0 radical (unpaired) electrons. The Bertz CT molecular complexity index is 1490. The Balaban J connectivity index is 1.65. The zero-order chi connectivity index (χ0) is 23.9. The predicted molar refractivity (Wildman–Crippen MR) is 128 cm³/mol. The van der Waals surface area contributed by atoms with Crippen LogP contribution in [0.2, 0.25) is 0 Å². The summed E-state index contributed by atoms with van der Waals surface area (Å²) in [6.07, 6.45) is 8.27. The third kappa shape index (κ3) is 3.80. The van der Waals surface area contributed by atoms with E-state index in [1.807, 2.05) is 26.2 Å². The molecular weight excluding hydrogens is 433 g/mol. The molecule has 1 atom stereocenters. The van der Waals surface area contributed by atoms with Gasteiger partial charge in [-0.25, -0.2) is 19.3 Å². The van der Waals surface area contributed by atoms with E-state index in [9.17, 15) is 9.50 Å². The highest BCUT2D eigenvalue weighted by molar-refractivity contribution is 5.95. The van der Waals surface area contributed by atoms with Crippen LogP contribution in [0.3, 0.4) is 0 Å². The summed E-state index contributed by atoms with van der Waals surface area (Å²) in [5.41, 5.74) is 9.13. The molecule has 34 heavy (non-hydrogen) atoms. The molecule has 4 N–H and O–H groups in total. The van der Waals surface area contributed by atoms with Gasteiger partial charge in [0.05, 0.1) is 17.6 Å². The maximum atomic E-state index is 14.0. The van der Waals surface area contributed by atoms with Crippen LogP contribution < -0.4 is 5.73 Å². The van der Waals surface area contributed by atoms with Crippen LogP contribution in [0.1, 0.15) is 31.0 Å². The highest BCUT2D eigenvalue weighted by atomic mass is 19.1. The maximum absolute atomic E-state index is 14.0. The van der Waals surface area contributed by atoms with Crippen LogP contribution >= 0.6 is 0 Å². The van der Waals surface area contributed by atoms with Gasteiger partial charge in [-0.2, -0.15) is 5.10 Å². The molecule has 0 aliphatic carbocycles. The molecule has 0 amide bonds. The van der Waals surface area contributed by atoms with Crippen molar-refractivity contribution < 1.29 is 9.50 Å². The molecule has 9 heteroatoms. The number of aliphatic hydroxyl groups is 1. The monoisotopic (exact) mass is 457 g/mol. The number of benzene rings is 1. The number of anilines is 1. The van der Waals surface area contributed by atoms with Crippen molar-refractivity contribution in [1.82, 2.24) is 29.7 Å². The Morgan fingerprint density at radius 3 is 2.74 bits per heavy atom. The topological polar surface area (TPSA) is 119 Å². The number of nitrogens with zero attached hydrogens (tertiary/aromatic N) is 5. The van der Waals surface area contributed by atoms with Gasteiger partial charge in [0, 0.05) is 47.7 Å². The summed E-state index contributed by atoms with van der Waals surface area (Å²) in [6.45, 7) is 1.95. The number of nitrogens with two attached hydrogens (primary N) is 1. The number of H-pyrrole nitrogens is 1. The lowest BCUT2D eigenvalue weighted by molar-refractivity contribution is 0.0654. The Hall–Kier alpha value is -4.11. The lowest BCUT2D eigenvalue weighted by Gasteiger charge is -2.28. The predicted octanol–water partition coefficient (Wildman–Crippen LogP) is 4.18. The summed E-state index contributed by atoms with van der Waals surface area (Å²) >= 11 is 0. The van der Waals surface area contributed by atoms with Crippen molar-refractivity contribution in [3.63, 3.8) is 0 Å². The molecular formula is C25H24FN7O. The molecule has 5 aromatic rings. The van der Waals surface area contributed by atoms with E-state index in [0.717, 1.165) is 22.1 Å². The second-order valence-electron chi connectivity index (χ2n) is 8.34. The van der Waals surface area contributed by atoms with E-state index in [1.165, 1.54) is 12.1 Å². The van der Waals surface area contributed by atoms with Gasteiger partial charge in [-0.05, 0) is 36.2 Å². The molecule has 1 unspecified atom stereocenters. The van der Waals surface area contributed by atoms with Crippen LogP contribution in [0.15, 0.2) is 61.2 Å². The number of nitrogen functional groups attached to an aromatic ring is 1. The van der Waals surface area contributed by atoms with Crippen molar-refractivity contribution >= 4 is 17.0 Å². The summed E-state index contributed by atoms with van der Waals surface area (Å²) in [4.78, 5) is 16.5. The van der Waals surface area contributed by atoms with Crippen molar-refractivity contribution in [3.8, 4) is 22.4 Å². The third-order valence-electron chi connectivity index (χ3n) is 5.93. The summed E-state index contributed by atoms with van der Waals surface area (Å²) in [7, 11) is 1.86. The molecule has 0 saturated heterocycles. The quantitative estimate of drug-likeness (QED) is 0.352. The number of hydrogen-bond acceptors (Lipinski definition) is 6. The van der Waals surface area contributed by atoms with E-state index in [1.54, 1.807) is 41.5 Å². The Kier molecular flexibility index (Phi) is 5.33. The normalized spacial score (nSPS) is 13.3. The highest BCUT2D eigenvalue weighted by Gasteiger charge is 2.33. The zero-order valence-corrected chi connectivity index (χ0v) is 18.8. The second-order valence-corrected chi connectivity index (χ2v) is 8.34. The first-order valence-electron chi connectivity index (χ1n) is 11.0. The molecule has 0 saturated carbocycles. The van der Waals surface area contributed by atoms with E-state index in [0.29, 0.717) is 35.4 Å². The molecule has 0 spiro atoms. The molecule has 5 rings (SSSR count). The number of rotatable bonds is 6. The Labute approximate surface area is 195 Å². The minimum absolute atomic E-state index is 0.0177. The Morgan fingerprint density at radius 2 is 2.00 bits per heavy atom. The van der Waals surface area contributed by atoms with E-state index in [-0.39, 0.29) is 5.95 Å². The third-order valence-corrected chi connectivity index (χ3v) is 5.93. The average molecular weight is 458 g/mol. The number of nitrogens with one attached hydrogen (secondary N) is 1. The molecule has 4 heterocycles. The first kappa shape index (κ1) is 21.7. The second kappa shape index (κ2) is 8.35. The molecule has 0 bridgehead atoms. The SMILES string of the molecule is CCCC(O)(c1cccc(F)c1)c1cc(-c2c[nH]c3ncc(-c4cnn(C)c4)cc23)nc(N)n1. The minimum Gasteiger partial charge on any atom is -0.379 e. The number of aryl methyl sites for hydroxylation is 1. The van der Waals surface area contributed by atoms with E-state index < -0.39 is 11.4 Å². The molecule has 0 aliphatic heterocycles. The Morgan fingerprint density at radius 1 is 1.15 bits per heavy atom. The fraction of sp³-hybridized carbons (Fsp3) is 0.200. The fourth-order valence-electron chi connectivity index (χ4n) is 4.29. The average Bonchev–Trinajstić information content (AvgIpc) is 3.44. The van der Waals surface area contributed by atoms with Gasteiger partial charge in [0.2, 0.25) is 5.95 Å². The van der Waals surface area contributed by atoms with Gasteiger partial charge in [0.1, 0.15) is 17.1 Å². The molecule has 4 aromatic heterocycles. The molecule has 0 aliphatic rings. The van der Waals surface area contributed by atoms with Crippen LogP contribution in [-0.4, -0.2) is 34.8 Å². The minimum atomic E-state index is -1.52. The molecule has 172 valence electrons. The number of pyridine rings is 1. The molecule has 0 fully saturated rings. The number of aromatic nitrogens is 6. The van der Waals surface area contributed by atoms with Gasteiger partial charge in [0.15, 0.2) is 0 Å². The van der Waals surface area contributed by atoms with Gasteiger partial charge in [0.25, 0.3) is 0 Å². The van der Waals surface area contributed by atoms with Crippen LogP contribution in [0.4, 0.5) is 10.3 Å². The summed E-state index contributed by atoms with van der Waals surface area (Å²) < 4.78 is 15.7. The highest BCUT2D eigenvalue weighted by Crippen LogP contribution is 2.37. The smallest absolute Gasteiger partial charge is 0.220 e. The summed E-state index contributed by atoms with van der Waals surface area (Å²) in [6, 6.07) is 9.64. The maximum Gasteiger partial charge on any atom is 0.220 e. The first-order valence-corrected chi connectivity index (χ1v) is 11.0. The van der Waals surface area contributed by atoms with Gasteiger partial charge in [-0.15, -0.1) is 0 Å². The van der Waals surface area contributed by atoms with Crippen molar-refractivity contribution in [3.05, 3.63) is 78.3 Å². The van der Waals surface area contributed by atoms with E-state index in [4.69, 9.17) is 5.73 Å². The largest absolute Gasteiger partial charge is 0.379 e. The van der Waals surface area contributed by atoms with Gasteiger partial charge >= 0.3 is 0 Å². The van der Waals surface area contributed by atoms with Gasteiger partial charge in [-0.3, -0.25) is 4.68 Å². The van der Waals surface area contributed by atoms with Crippen molar-refractivity contribution in [2.75, 3.05) is 5.73 Å². The summed E-state index contributed by atoms with van der Waals surface area (Å²) in [5.74, 6) is -0.413. The van der Waals surface area contributed by atoms with E-state index in [2.05, 4.69) is 25.0 Å². The lowest BCUT2D eigenvalue weighted by atomic mass is 9.85. The van der Waals surface area contributed by atoms with Crippen LogP contribution in [0.25, 0.3) is 33.4 Å². The fourth-order valence-corrected chi connectivity index (χ4v) is 4.29. The van der Waals surface area contributed by atoms with Gasteiger partial charge in [-0.1, -0.05) is 25.5 Å². The lowest BCUT2D eigenvalue weighted by Crippen LogP contribution is -2.29. The number of halogens is 1. The zero-order valence-electron chi connectivity index (χ0n) is 18.8. The van der Waals surface area contributed by atoms with Crippen molar-refractivity contribution in [2.45, 2.75) is 25.4 Å².